The Balaban J connectivity index is 1.93. The topological polar surface area (TPSA) is 73.6 Å². The molecule has 1 unspecified atom stereocenters. The van der Waals surface area contributed by atoms with E-state index in [1.807, 2.05) is 18.4 Å². The highest BCUT2D eigenvalue weighted by Gasteiger charge is 2.22. The number of hydrogen-bond donors (Lipinski definition) is 1. The number of aliphatic hydroxyl groups is 1. The predicted molar refractivity (Wildman–Crippen MR) is 106 cm³/mol. The first kappa shape index (κ1) is 20.3. The van der Waals surface area contributed by atoms with Gasteiger partial charge in [0, 0.05) is 35.7 Å². The third kappa shape index (κ3) is 4.34. The van der Waals surface area contributed by atoms with Crippen LogP contribution in [0.3, 0.4) is 0 Å². The summed E-state index contributed by atoms with van der Waals surface area (Å²) in [7, 11) is 0. The number of rotatable bonds is 8. The summed E-state index contributed by atoms with van der Waals surface area (Å²) in [6.07, 6.45) is 0.419. The smallest absolute Gasteiger partial charge is 0.421 e. The zero-order valence-electron chi connectivity index (χ0n) is 15.9. The Hall–Kier alpha value is -2.45. The van der Waals surface area contributed by atoms with E-state index < -0.39 is 12.5 Å². The standard InChI is InChI=1S/C20H23FN2O4S/c1-3-4-18(21)27-20(25)23-13(2)15(7-9-24)16-11-14(5-6-17(16)23)26-12-19-22-8-10-28-19/h5-6,8,10-11,18,24H,3-4,7,9,12H2,1-2H3. The van der Waals surface area contributed by atoms with Crippen LogP contribution in [0.1, 0.15) is 36.0 Å². The lowest BCUT2D eigenvalue weighted by Gasteiger charge is -2.12. The molecule has 0 saturated heterocycles. The lowest BCUT2D eigenvalue weighted by molar-refractivity contribution is 0.00919. The molecule has 2 aromatic heterocycles. The molecular formula is C20H23FN2O4S. The predicted octanol–water partition coefficient (Wildman–Crippen LogP) is 4.60. The molecule has 0 fully saturated rings. The summed E-state index contributed by atoms with van der Waals surface area (Å²) < 4.78 is 25.9. The van der Waals surface area contributed by atoms with Crippen molar-refractivity contribution in [1.82, 2.24) is 9.55 Å². The van der Waals surface area contributed by atoms with Gasteiger partial charge in [-0.15, -0.1) is 11.3 Å². The van der Waals surface area contributed by atoms with Crippen LogP contribution in [0.5, 0.6) is 5.75 Å². The number of aromatic nitrogens is 2. The zero-order valence-corrected chi connectivity index (χ0v) is 16.7. The van der Waals surface area contributed by atoms with Crippen LogP contribution in [-0.2, 0) is 17.8 Å². The maximum absolute atomic E-state index is 13.8. The molecular weight excluding hydrogens is 383 g/mol. The number of carbonyl (C=O) groups excluding carboxylic acids is 1. The summed E-state index contributed by atoms with van der Waals surface area (Å²) in [5, 5.41) is 13.0. The van der Waals surface area contributed by atoms with Crippen LogP contribution in [0.15, 0.2) is 29.8 Å². The van der Waals surface area contributed by atoms with Gasteiger partial charge in [-0.05, 0) is 43.5 Å². The number of thiazole rings is 1. The molecule has 1 atom stereocenters. The SMILES string of the molecule is CCCC(F)OC(=O)n1c(C)c(CCO)c2cc(OCc3nccs3)ccc21. The van der Waals surface area contributed by atoms with Crippen molar-refractivity contribution in [3.05, 3.63) is 46.0 Å². The minimum absolute atomic E-state index is 0.0687. The molecule has 0 aliphatic rings. The Kier molecular flexibility index (Phi) is 6.64. The van der Waals surface area contributed by atoms with Gasteiger partial charge in [-0.25, -0.2) is 18.7 Å². The minimum atomic E-state index is -1.64. The van der Waals surface area contributed by atoms with Crippen molar-refractivity contribution in [2.45, 2.75) is 46.1 Å². The van der Waals surface area contributed by atoms with E-state index in [0.29, 0.717) is 36.4 Å². The quantitative estimate of drug-likeness (QED) is 0.592. The highest BCUT2D eigenvalue weighted by atomic mass is 32.1. The third-order valence-corrected chi connectivity index (χ3v) is 5.19. The number of carbonyl (C=O) groups is 1. The molecule has 8 heteroatoms. The van der Waals surface area contributed by atoms with Crippen molar-refractivity contribution >= 4 is 28.3 Å². The second-order valence-corrected chi connectivity index (χ2v) is 7.33. The van der Waals surface area contributed by atoms with E-state index >= 15 is 0 Å². The highest BCUT2D eigenvalue weighted by Crippen LogP contribution is 2.31. The van der Waals surface area contributed by atoms with E-state index in [-0.39, 0.29) is 13.0 Å². The molecule has 3 rings (SSSR count). The molecule has 28 heavy (non-hydrogen) atoms. The fraction of sp³-hybridized carbons (Fsp3) is 0.400. The van der Waals surface area contributed by atoms with Crippen molar-refractivity contribution in [1.29, 1.82) is 0 Å². The first-order chi connectivity index (χ1) is 13.5. The van der Waals surface area contributed by atoms with Crippen LogP contribution >= 0.6 is 11.3 Å². The van der Waals surface area contributed by atoms with E-state index in [4.69, 9.17) is 9.47 Å². The second kappa shape index (κ2) is 9.16. The molecule has 0 aliphatic heterocycles. The monoisotopic (exact) mass is 406 g/mol. The number of alkyl halides is 1. The molecule has 6 nitrogen and oxygen atoms in total. The van der Waals surface area contributed by atoms with Crippen molar-refractivity contribution < 1.29 is 23.8 Å². The first-order valence-electron chi connectivity index (χ1n) is 9.16. The molecule has 3 aromatic rings. The van der Waals surface area contributed by atoms with Gasteiger partial charge in [0.15, 0.2) is 0 Å². The Morgan fingerprint density at radius 1 is 1.43 bits per heavy atom. The number of fused-ring (bicyclic) bond motifs is 1. The fourth-order valence-electron chi connectivity index (χ4n) is 3.13. The molecule has 150 valence electrons. The van der Waals surface area contributed by atoms with Gasteiger partial charge in [0.2, 0.25) is 6.36 Å². The molecule has 0 radical (unpaired) electrons. The Morgan fingerprint density at radius 3 is 2.93 bits per heavy atom. The maximum Gasteiger partial charge on any atom is 0.421 e. The van der Waals surface area contributed by atoms with E-state index in [2.05, 4.69) is 4.98 Å². The fourth-order valence-corrected chi connectivity index (χ4v) is 3.66. The van der Waals surface area contributed by atoms with Gasteiger partial charge in [-0.3, -0.25) is 0 Å². The Bertz CT molecular complexity index is 939. The average Bonchev–Trinajstić information content (AvgIpc) is 3.27. The van der Waals surface area contributed by atoms with Gasteiger partial charge >= 0.3 is 6.09 Å². The minimum Gasteiger partial charge on any atom is -0.486 e. The van der Waals surface area contributed by atoms with E-state index in [1.165, 1.54) is 15.9 Å². The van der Waals surface area contributed by atoms with Crippen LogP contribution in [-0.4, -0.2) is 33.7 Å². The summed E-state index contributed by atoms with van der Waals surface area (Å²) in [6.45, 7) is 3.86. The molecule has 1 N–H and O–H groups in total. The molecule has 0 spiro atoms. The number of benzene rings is 1. The largest absolute Gasteiger partial charge is 0.486 e. The van der Waals surface area contributed by atoms with Gasteiger partial charge in [-0.1, -0.05) is 6.92 Å². The van der Waals surface area contributed by atoms with E-state index in [1.54, 1.807) is 25.3 Å². The summed E-state index contributed by atoms with van der Waals surface area (Å²) in [6, 6.07) is 5.32. The molecule has 0 amide bonds. The first-order valence-corrected chi connectivity index (χ1v) is 10.0. The van der Waals surface area contributed by atoms with Crippen LogP contribution in [0.2, 0.25) is 0 Å². The van der Waals surface area contributed by atoms with Crippen LogP contribution in [0.25, 0.3) is 10.9 Å². The van der Waals surface area contributed by atoms with Crippen LogP contribution < -0.4 is 4.74 Å². The van der Waals surface area contributed by atoms with E-state index in [9.17, 15) is 14.3 Å². The summed E-state index contributed by atoms with van der Waals surface area (Å²) in [5.74, 6) is 0.627. The lowest BCUT2D eigenvalue weighted by atomic mass is 10.1. The molecule has 2 heterocycles. The number of halogens is 1. The van der Waals surface area contributed by atoms with Crippen molar-refractivity contribution in [3.8, 4) is 5.75 Å². The van der Waals surface area contributed by atoms with E-state index in [0.717, 1.165) is 16.0 Å². The summed E-state index contributed by atoms with van der Waals surface area (Å²) >= 11 is 1.51. The second-order valence-electron chi connectivity index (χ2n) is 6.35. The number of nitrogens with zero attached hydrogens (tertiary/aromatic N) is 2. The number of ether oxygens (including phenoxy) is 2. The Labute approximate surface area is 166 Å². The third-order valence-electron chi connectivity index (χ3n) is 4.44. The van der Waals surface area contributed by atoms with Crippen molar-refractivity contribution in [3.63, 3.8) is 0 Å². The van der Waals surface area contributed by atoms with Crippen LogP contribution in [0, 0.1) is 6.92 Å². The Morgan fingerprint density at radius 2 is 2.25 bits per heavy atom. The molecule has 1 aromatic carbocycles. The normalized spacial score (nSPS) is 12.3. The van der Waals surface area contributed by atoms with Gasteiger partial charge in [0.1, 0.15) is 17.4 Å². The summed E-state index contributed by atoms with van der Waals surface area (Å²) in [5.41, 5.74) is 2.02. The molecule has 0 aliphatic carbocycles. The molecule has 0 bridgehead atoms. The van der Waals surface area contributed by atoms with Crippen molar-refractivity contribution in [2.24, 2.45) is 0 Å². The van der Waals surface area contributed by atoms with Crippen LogP contribution in [0.4, 0.5) is 9.18 Å². The zero-order chi connectivity index (χ0) is 20.1. The summed E-state index contributed by atoms with van der Waals surface area (Å²) in [4.78, 5) is 16.7. The lowest BCUT2D eigenvalue weighted by Crippen LogP contribution is -2.20. The number of hydrogen-bond acceptors (Lipinski definition) is 6. The van der Waals surface area contributed by atoms with Gasteiger partial charge in [0.05, 0.1) is 5.52 Å². The van der Waals surface area contributed by atoms with Gasteiger partial charge in [-0.2, -0.15) is 0 Å². The highest BCUT2D eigenvalue weighted by molar-refractivity contribution is 7.09. The van der Waals surface area contributed by atoms with Gasteiger partial charge in [0.25, 0.3) is 0 Å². The number of aliphatic hydroxyl groups excluding tert-OH is 1. The van der Waals surface area contributed by atoms with Crippen molar-refractivity contribution in [2.75, 3.05) is 6.61 Å². The molecule has 0 saturated carbocycles. The maximum atomic E-state index is 13.8. The average molecular weight is 406 g/mol. The van der Waals surface area contributed by atoms with Gasteiger partial charge < -0.3 is 14.6 Å².